The fourth-order valence-electron chi connectivity index (χ4n) is 3.21. The lowest BCUT2D eigenvalue weighted by Gasteiger charge is -2.32. The zero-order valence-electron chi connectivity index (χ0n) is 13.5. The lowest BCUT2D eigenvalue weighted by Crippen LogP contribution is -2.38. The second kappa shape index (κ2) is 7.44. The van der Waals surface area contributed by atoms with Gasteiger partial charge in [-0.25, -0.2) is 4.39 Å². The average Bonchev–Trinajstić information content (AvgIpc) is 2.60. The number of ether oxygens (including phenoxy) is 1. The summed E-state index contributed by atoms with van der Waals surface area (Å²) in [6.45, 7) is 1.86. The minimum Gasteiger partial charge on any atom is -0.493 e. The van der Waals surface area contributed by atoms with Gasteiger partial charge in [0.15, 0.2) is 0 Å². The fourth-order valence-corrected chi connectivity index (χ4v) is 3.21. The Bertz CT molecular complexity index is 699. The Morgan fingerprint density at radius 2 is 1.84 bits per heavy atom. The van der Waals surface area contributed by atoms with Gasteiger partial charge < -0.3 is 10.1 Å². The Labute approximate surface area is 143 Å². The van der Waals surface area contributed by atoms with Crippen LogP contribution in [0.4, 0.5) is 17.6 Å². The van der Waals surface area contributed by atoms with Gasteiger partial charge >= 0.3 is 6.18 Å². The van der Waals surface area contributed by atoms with E-state index in [-0.39, 0.29) is 23.4 Å². The largest absolute Gasteiger partial charge is 0.493 e. The van der Waals surface area contributed by atoms with Crippen molar-refractivity contribution in [3.05, 3.63) is 65.5 Å². The van der Waals surface area contributed by atoms with Crippen LogP contribution in [-0.2, 0) is 6.18 Å². The van der Waals surface area contributed by atoms with Crippen molar-refractivity contribution in [1.29, 1.82) is 0 Å². The van der Waals surface area contributed by atoms with Crippen LogP contribution < -0.4 is 10.1 Å². The molecule has 3 rings (SSSR count). The second-order valence-corrected chi connectivity index (χ2v) is 6.25. The van der Waals surface area contributed by atoms with Crippen LogP contribution in [-0.4, -0.2) is 19.7 Å². The minimum atomic E-state index is -4.39. The fraction of sp³-hybridized carbons (Fsp3) is 0.368. The van der Waals surface area contributed by atoms with E-state index in [1.807, 2.05) is 0 Å². The number of rotatable bonds is 4. The van der Waals surface area contributed by atoms with E-state index in [9.17, 15) is 17.6 Å². The summed E-state index contributed by atoms with van der Waals surface area (Å²) in [5.41, 5.74) is 0.308. The smallest absolute Gasteiger partial charge is 0.416 e. The molecule has 134 valence electrons. The zero-order chi connectivity index (χ0) is 17.9. The summed E-state index contributed by atoms with van der Waals surface area (Å²) in [6.07, 6.45) is -3.51. The SMILES string of the molecule is Fc1ccc([C@@H]2CCNC[C@H]2COc2cccc(C(F)(F)F)c2)cc1. The molecule has 0 bridgehead atoms. The Kier molecular flexibility index (Phi) is 5.27. The van der Waals surface area contributed by atoms with Gasteiger partial charge in [0.25, 0.3) is 0 Å². The van der Waals surface area contributed by atoms with Gasteiger partial charge in [0.1, 0.15) is 11.6 Å². The van der Waals surface area contributed by atoms with E-state index in [0.29, 0.717) is 13.2 Å². The van der Waals surface area contributed by atoms with Crippen molar-refractivity contribution in [2.45, 2.75) is 18.5 Å². The van der Waals surface area contributed by atoms with Crippen LogP contribution in [0.15, 0.2) is 48.5 Å². The summed E-state index contributed by atoms with van der Waals surface area (Å²) in [6, 6.07) is 11.3. The molecule has 0 radical (unpaired) electrons. The van der Waals surface area contributed by atoms with E-state index >= 15 is 0 Å². The molecule has 0 aromatic heterocycles. The molecule has 0 spiro atoms. The van der Waals surface area contributed by atoms with Crippen molar-refractivity contribution in [1.82, 2.24) is 5.32 Å². The minimum absolute atomic E-state index is 0.105. The molecule has 1 N–H and O–H groups in total. The standard InChI is InChI=1S/C19H19F4NO/c20-16-6-4-13(5-7-16)18-8-9-24-11-14(18)12-25-17-3-1-2-15(10-17)19(21,22)23/h1-7,10,14,18,24H,8-9,11-12H2/t14-,18-/m0/s1. The molecular formula is C19H19F4NO. The predicted molar refractivity (Wildman–Crippen MR) is 87.1 cm³/mol. The molecule has 1 fully saturated rings. The summed E-state index contributed by atoms with van der Waals surface area (Å²) in [5, 5.41) is 3.28. The van der Waals surface area contributed by atoms with Crippen molar-refractivity contribution >= 4 is 0 Å². The molecule has 0 aliphatic carbocycles. The van der Waals surface area contributed by atoms with E-state index in [1.54, 1.807) is 12.1 Å². The van der Waals surface area contributed by atoms with E-state index in [0.717, 1.165) is 30.7 Å². The number of halogens is 4. The van der Waals surface area contributed by atoms with Crippen LogP contribution in [0.25, 0.3) is 0 Å². The number of hydrogen-bond acceptors (Lipinski definition) is 2. The summed E-state index contributed by atoms with van der Waals surface area (Å²) in [4.78, 5) is 0. The van der Waals surface area contributed by atoms with Crippen molar-refractivity contribution in [2.24, 2.45) is 5.92 Å². The summed E-state index contributed by atoms with van der Waals surface area (Å²) in [7, 11) is 0. The summed E-state index contributed by atoms with van der Waals surface area (Å²) in [5.74, 6) is 0.217. The van der Waals surface area contributed by atoms with Gasteiger partial charge in [-0.3, -0.25) is 0 Å². The third-order valence-corrected chi connectivity index (χ3v) is 4.53. The molecule has 0 amide bonds. The molecule has 2 atom stereocenters. The van der Waals surface area contributed by atoms with Crippen molar-refractivity contribution in [3.63, 3.8) is 0 Å². The molecule has 2 aromatic carbocycles. The van der Waals surface area contributed by atoms with E-state index in [1.165, 1.54) is 24.3 Å². The Morgan fingerprint density at radius 1 is 1.08 bits per heavy atom. The lowest BCUT2D eigenvalue weighted by molar-refractivity contribution is -0.137. The molecule has 2 aromatic rings. The molecule has 25 heavy (non-hydrogen) atoms. The van der Waals surface area contributed by atoms with Gasteiger partial charge in [0.05, 0.1) is 12.2 Å². The monoisotopic (exact) mass is 353 g/mol. The van der Waals surface area contributed by atoms with Gasteiger partial charge in [0, 0.05) is 12.5 Å². The highest BCUT2D eigenvalue weighted by atomic mass is 19.4. The normalized spacial score (nSPS) is 21.1. The Balaban J connectivity index is 1.69. The highest BCUT2D eigenvalue weighted by Gasteiger charge is 2.31. The lowest BCUT2D eigenvalue weighted by atomic mass is 9.81. The number of hydrogen-bond donors (Lipinski definition) is 1. The molecule has 2 nitrogen and oxygen atoms in total. The van der Waals surface area contributed by atoms with Crippen LogP contribution in [0.1, 0.15) is 23.5 Å². The molecular weight excluding hydrogens is 334 g/mol. The van der Waals surface area contributed by atoms with Crippen molar-refractivity contribution in [2.75, 3.05) is 19.7 Å². The van der Waals surface area contributed by atoms with E-state index in [4.69, 9.17) is 4.74 Å². The second-order valence-electron chi connectivity index (χ2n) is 6.25. The van der Waals surface area contributed by atoms with Crippen LogP contribution in [0, 0.1) is 11.7 Å². The first-order chi connectivity index (χ1) is 11.9. The maximum atomic E-state index is 13.1. The molecule has 1 saturated heterocycles. The maximum absolute atomic E-state index is 13.1. The molecule has 0 saturated carbocycles. The number of benzene rings is 2. The number of piperidine rings is 1. The first-order valence-corrected chi connectivity index (χ1v) is 8.20. The topological polar surface area (TPSA) is 21.3 Å². The predicted octanol–water partition coefficient (Wildman–Crippen LogP) is 4.62. The zero-order valence-corrected chi connectivity index (χ0v) is 13.5. The third kappa shape index (κ3) is 4.51. The number of nitrogens with one attached hydrogen (secondary N) is 1. The molecule has 1 heterocycles. The highest BCUT2D eigenvalue weighted by molar-refractivity contribution is 5.30. The quantitative estimate of drug-likeness (QED) is 0.810. The Hall–Kier alpha value is -2.08. The molecule has 6 heteroatoms. The molecule has 1 aliphatic heterocycles. The molecule has 0 unspecified atom stereocenters. The van der Waals surface area contributed by atoms with Gasteiger partial charge in [-0.15, -0.1) is 0 Å². The Morgan fingerprint density at radius 3 is 2.56 bits per heavy atom. The van der Waals surface area contributed by atoms with Gasteiger partial charge in [-0.1, -0.05) is 18.2 Å². The third-order valence-electron chi connectivity index (χ3n) is 4.53. The van der Waals surface area contributed by atoms with Crippen molar-refractivity contribution in [3.8, 4) is 5.75 Å². The van der Waals surface area contributed by atoms with Crippen LogP contribution in [0.2, 0.25) is 0 Å². The first-order valence-electron chi connectivity index (χ1n) is 8.20. The summed E-state index contributed by atoms with van der Waals surface area (Å²) < 4.78 is 57.1. The van der Waals surface area contributed by atoms with E-state index in [2.05, 4.69) is 5.32 Å². The van der Waals surface area contributed by atoms with Crippen LogP contribution in [0.3, 0.4) is 0 Å². The number of alkyl halides is 3. The van der Waals surface area contributed by atoms with Crippen LogP contribution in [0.5, 0.6) is 5.75 Å². The van der Waals surface area contributed by atoms with Crippen LogP contribution >= 0.6 is 0 Å². The maximum Gasteiger partial charge on any atom is 0.416 e. The van der Waals surface area contributed by atoms with Gasteiger partial charge in [-0.2, -0.15) is 13.2 Å². The van der Waals surface area contributed by atoms with Gasteiger partial charge in [-0.05, 0) is 54.8 Å². The molecule has 1 aliphatic rings. The first kappa shape index (κ1) is 17.7. The highest BCUT2D eigenvalue weighted by Crippen LogP contribution is 2.33. The van der Waals surface area contributed by atoms with Gasteiger partial charge in [0.2, 0.25) is 0 Å². The summed E-state index contributed by atoms with van der Waals surface area (Å²) >= 11 is 0. The van der Waals surface area contributed by atoms with E-state index < -0.39 is 11.7 Å². The average molecular weight is 353 g/mol. The van der Waals surface area contributed by atoms with Crippen molar-refractivity contribution < 1.29 is 22.3 Å².